The van der Waals surface area contributed by atoms with Gasteiger partial charge in [-0.1, -0.05) is 64.5 Å². The van der Waals surface area contributed by atoms with Crippen molar-refractivity contribution in [1.82, 2.24) is 5.32 Å². The number of amides is 1. The Labute approximate surface area is 206 Å². The van der Waals surface area contributed by atoms with Crippen LogP contribution in [0.25, 0.3) is 0 Å². The molecule has 0 aliphatic carbocycles. The largest absolute Gasteiger partial charge is 0.444 e. The van der Waals surface area contributed by atoms with E-state index in [1.165, 1.54) is 12.0 Å². The van der Waals surface area contributed by atoms with E-state index in [2.05, 4.69) is 33.4 Å². The summed E-state index contributed by atoms with van der Waals surface area (Å²) in [5.74, 6) is 1.24. The van der Waals surface area contributed by atoms with E-state index in [-0.39, 0.29) is 0 Å². The number of carbonyl (C=O) groups excluding carboxylic acids is 1. The first-order valence-corrected chi connectivity index (χ1v) is 12.4. The molecule has 7 heteroatoms. The first-order chi connectivity index (χ1) is 15.7. The number of aliphatic imine (C=N–C) groups is 1. The molecule has 0 bridgehead atoms. The Morgan fingerprint density at radius 2 is 1.73 bits per heavy atom. The van der Waals surface area contributed by atoms with Crippen LogP contribution < -0.4 is 9.50 Å². The van der Waals surface area contributed by atoms with Crippen molar-refractivity contribution in [3.8, 4) is 5.75 Å². The molecule has 1 aliphatic rings. The van der Waals surface area contributed by atoms with Crippen LogP contribution in [0.1, 0.15) is 43.0 Å². The van der Waals surface area contributed by atoms with Gasteiger partial charge in [0.1, 0.15) is 22.7 Å². The third-order valence-electron chi connectivity index (χ3n) is 5.16. The summed E-state index contributed by atoms with van der Waals surface area (Å²) >= 11 is 4.90. The van der Waals surface area contributed by atoms with Crippen LogP contribution in [0, 0.1) is 0 Å². The summed E-state index contributed by atoms with van der Waals surface area (Å²) in [5, 5.41) is 2.88. The molecular weight excluding hydrogens is 500 g/mol. The van der Waals surface area contributed by atoms with E-state index < -0.39 is 17.2 Å². The Kier molecular flexibility index (Phi) is 6.54. The smallest absolute Gasteiger partial charge is 0.413 e. The summed E-state index contributed by atoms with van der Waals surface area (Å²) in [6, 6.07) is 23.9. The van der Waals surface area contributed by atoms with Crippen molar-refractivity contribution in [3.63, 3.8) is 0 Å². The highest BCUT2D eigenvalue weighted by atomic mass is 79.9. The Bertz CT molecular complexity index is 1200. The normalized spacial score (nSPS) is 17.2. The molecule has 170 valence electrons. The Balaban J connectivity index is 1.90. The second-order valence-corrected chi connectivity index (χ2v) is 10.0. The van der Waals surface area contributed by atoms with Gasteiger partial charge in [-0.3, -0.25) is 5.32 Å². The molecule has 1 N–H and O–H groups in total. The highest BCUT2D eigenvalue weighted by molar-refractivity contribution is 9.10. The van der Waals surface area contributed by atoms with Crippen molar-refractivity contribution < 1.29 is 13.7 Å². The van der Waals surface area contributed by atoms with Crippen LogP contribution in [0.5, 0.6) is 5.75 Å². The fourth-order valence-corrected chi connectivity index (χ4v) is 4.66. The molecule has 0 saturated carbocycles. The van der Waals surface area contributed by atoms with E-state index in [1.54, 1.807) is 0 Å². The molecule has 1 atom stereocenters. The highest BCUT2D eigenvalue weighted by Crippen LogP contribution is 2.47. The minimum absolute atomic E-state index is 0.476. The molecule has 33 heavy (non-hydrogen) atoms. The standard InChI is InChI=1S/C26H25BrN2O3S/c1-25(2,3)31-24(30)28-23-21-10-5-6-11-22(21)26(29-23,18-8-7-9-19(27)16-18)17-12-14-20(15-13-17)32-33-4/h5-16H,1-4H3,(H,28,29,30). The predicted molar refractivity (Wildman–Crippen MR) is 137 cm³/mol. The van der Waals surface area contributed by atoms with E-state index >= 15 is 0 Å². The van der Waals surface area contributed by atoms with Crippen molar-refractivity contribution in [2.75, 3.05) is 6.26 Å². The van der Waals surface area contributed by atoms with Gasteiger partial charge in [0.25, 0.3) is 0 Å². The van der Waals surface area contributed by atoms with Gasteiger partial charge in [0, 0.05) is 16.3 Å². The number of alkyl carbamates (subject to hydrolysis) is 1. The fraction of sp³-hybridized carbons (Fsp3) is 0.231. The number of carbonyl (C=O) groups is 1. The Morgan fingerprint density at radius 3 is 2.39 bits per heavy atom. The molecular formula is C26H25BrN2O3S. The van der Waals surface area contributed by atoms with Crippen molar-refractivity contribution >= 4 is 39.9 Å². The molecule has 0 saturated heterocycles. The topological polar surface area (TPSA) is 59.9 Å². The lowest BCUT2D eigenvalue weighted by molar-refractivity contribution is 0.0563. The van der Waals surface area contributed by atoms with Gasteiger partial charge in [0.15, 0.2) is 0 Å². The van der Waals surface area contributed by atoms with Gasteiger partial charge in [-0.25, -0.2) is 9.79 Å². The lowest BCUT2D eigenvalue weighted by Gasteiger charge is -2.29. The van der Waals surface area contributed by atoms with Gasteiger partial charge >= 0.3 is 6.09 Å². The Morgan fingerprint density at radius 1 is 1.00 bits per heavy atom. The maximum Gasteiger partial charge on any atom is 0.413 e. The number of hydrogen-bond donors (Lipinski definition) is 1. The maximum atomic E-state index is 12.6. The number of nitrogens with one attached hydrogen (secondary N) is 1. The number of fused-ring (bicyclic) bond motifs is 1. The molecule has 0 spiro atoms. The lowest BCUT2D eigenvalue weighted by atomic mass is 9.77. The quantitative estimate of drug-likeness (QED) is 0.386. The van der Waals surface area contributed by atoms with Crippen molar-refractivity contribution in [3.05, 3.63) is 99.5 Å². The summed E-state index contributed by atoms with van der Waals surface area (Å²) in [5.41, 5.74) is 2.31. The van der Waals surface area contributed by atoms with Crippen LogP contribution >= 0.6 is 28.0 Å². The fourth-order valence-electron chi connectivity index (χ4n) is 3.96. The van der Waals surface area contributed by atoms with Crippen molar-refractivity contribution in [2.24, 2.45) is 4.99 Å². The summed E-state index contributed by atoms with van der Waals surface area (Å²) in [6.07, 6.45) is 1.34. The van der Waals surface area contributed by atoms with E-state index in [1.807, 2.05) is 87.7 Å². The first kappa shape index (κ1) is 23.4. The maximum absolute atomic E-state index is 12.6. The van der Waals surface area contributed by atoms with Crippen LogP contribution in [0.3, 0.4) is 0 Å². The zero-order valence-electron chi connectivity index (χ0n) is 18.9. The van der Waals surface area contributed by atoms with Gasteiger partial charge in [0.2, 0.25) is 0 Å². The summed E-state index contributed by atoms with van der Waals surface area (Å²) in [4.78, 5) is 17.8. The molecule has 4 rings (SSSR count). The van der Waals surface area contributed by atoms with Crippen LogP contribution in [0.2, 0.25) is 0 Å². The lowest BCUT2D eigenvalue weighted by Crippen LogP contribution is -2.36. The molecule has 0 aromatic heterocycles. The van der Waals surface area contributed by atoms with Crippen LogP contribution in [-0.2, 0) is 10.3 Å². The van der Waals surface area contributed by atoms with Gasteiger partial charge in [-0.05, 0) is 61.7 Å². The minimum Gasteiger partial charge on any atom is -0.444 e. The van der Waals surface area contributed by atoms with Crippen molar-refractivity contribution in [1.29, 1.82) is 0 Å². The van der Waals surface area contributed by atoms with Crippen LogP contribution in [0.15, 0.2) is 82.3 Å². The number of halogens is 1. The van der Waals surface area contributed by atoms with Crippen molar-refractivity contribution in [2.45, 2.75) is 31.9 Å². The summed E-state index contributed by atoms with van der Waals surface area (Å²) in [6.45, 7) is 5.50. The average Bonchev–Trinajstić information content (AvgIpc) is 3.08. The molecule has 0 radical (unpaired) electrons. The zero-order chi connectivity index (χ0) is 23.6. The minimum atomic E-state index is -0.845. The molecule has 1 aliphatic heterocycles. The van der Waals surface area contributed by atoms with Gasteiger partial charge < -0.3 is 8.92 Å². The van der Waals surface area contributed by atoms with Gasteiger partial charge in [-0.2, -0.15) is 0 Å². The third kappa shape index (κ3) is 4.80. The van der Waals surface area contributed by atoms with Gasteiger partial charge in [0.05, 0.1) is 12.0 Å². The number of ether oxygens (including phenoxy) is 1. The average molecular weight is 525 g/mol. The molecule has 1 unspecified atom stereocenters. The molecule has 5 nitrogen and oxygen atoms in total. The Hall–Kier alpha value is -2.77. The summed E-state index contributed by atoms with van der Waals surface area (Å²) < 4.78 is 12.0. The van der Waals surface area contributed by atoms with E-state index in [4.69, 9.17) is 13.9 Å². The SMILES string of the molecule is CSOc1ccc(C2(c3cccc(Br)c3)N=C(NC(=O)OC(C)(C)C)c3ccccc32)cc1. The van der Waals surface area contributed by atoms with Gasteiger partial charge in [-0.15, -0.1) is 0 Å². The van der Waals surface area contributed by atoms with Crippen LogP contribution in [-0.4, -0.2) is 23.8 Å². The van der Waals surface area contributed by atoms with Crippen LogP contribution in [0.4, 0.5) is 4.79 Å². The zero-order valence-corrected chi connectivity index (χ0v) is 21.3. The van der Waals surface area contributed by atoms with E-state index in [9.17, 15) is 4.79 Å². The first-order valence-electron chi connectivity index (χ1n) is 10.5. The molecule has 0 fully saturated rings. The monoisotopic (exact) mass is 524 g/mol. The molecule has 3 aromatic rings. The number of rotatable bonds is 4. The predicted octanol–water partition coefficient (Wildman–Crippen LogP) is 6.68. The second kappa shape index (κ2) is 9.23. The number of amidine groups is 1. The molecule has 1 heterocycles. The summed E-state index contributed by atoms with van der Waals surface area (Å²) in [7, 11) is 0. The highest BCUT2D eigenvalue weighted by Gasteiger charge is 2.44. The second-order valence-electron chi connectivity index (χ2n) is 8.63. The third-order valence-corrected chi connectivity index (χ3v) is 6.02. The molecule has 1 amide bonds. The number of nitrogens with zero attached hydrogens (tertiary/aromatic N) is 1. The van der Waals surface area contributed by atoms with E-state index in [0.717, 1.165) is 32.5 Å². The van der Waals surface area contributed by atoms with E-state index in [0.29, 0.717) is 5.84 Å². The number of hydrogen-bond acceptors (Lipinski definition) is 5. The molecule has 3 aromatic carbocycles. The number of benzene rings is 3.